The van der Waals surface area contributed by atoms with E-state index in [1.165, 1.54) is 35.5 Å². The van der Waals surface area contributed by atoms with Crippen molar-refractivity contribution >= 4 is 34.4 Å². The number of Topliss-reactive ketones (excluding diaryl/α,β-unsaturated/α-hetero) is 1. The maximum Gasteiger partial charge on any atom is 0.335 e. The molecule has 1 aliphatic carbocycles. The van der Waals surface area contributed by atoms with Gasteiger partial charge in [0.25, 0.3) is 0 Å². The summed E-state index contributed by atoms with van der Waals surface area (Å²) in [4.78, 5) is 23.3. The standard InChI is InChI=1S/C19H20N4O3S/c20-22-19(23(21)16-9-7-15(8-10-16)18(25)26)27-11-17(24)14-5-3-13(4-6-14)12-1-2-12/h3-10,12H,1-2,11,20-21H2,(H,25,26)/b22-19+. The number of amidine groups is 1. The molecule has 0 spiro atoms. The van der Waals surface area contributed by atoms with E-state index in [0.717, 1.165) is 11.8 Å². The molecular weight excluding hydrogens is 364 g/mol. The van der Waals surface area contributed by atoms with Crippen molar-refractivity contribution in [1.82, 2.24) is 0 Å². The van der Waals surface area contributed by atoms with Crippen LogP contribution in [-0.2, 0) is 0 Å². The van der Waals surface area contributed by atoms with Gasteiger partial charge in [0.05, 0.1) is 17.0 Å². The van der Waals surface area contributed by atoms with Gasteiger partial charge in [-0.25, -0.2) is 10.6 Å². The van der Waals surface area contributed by atoms with Crippen LogP contribution in [0.4, 0.5) is 5.69 Å². The molecule has 0 bridgehead atoms. The summed E-state index contributed by atoms with van der Waals surface area (Å²) < 4.78 is 0. The molecule has 5 N–H and O–H groups in total. The first-order valence-electron chi connectivity index (χ1n) is 8.41. The predicted molar refractivity (Wildman–Crippen MR) is 107 cm³/mol. The fourth-order valence-corrected chi connectivity index (χ4v) is 3.36. The third kappa shape index (κ3) is 4.66. The van der Waals surface area contributed by atoms with Gasteiger partial charge in [-0.1, -0.05) is 36.0 Å². The lowest BCUT2D eigenvalue weighted by Crippen LogP contribution is -2.37. The molecule has 1 fully saturated rings. The third-order valence-corrected chi connectivity index (χ3v) is 5.29. The van der Waals surface area contributed by atoms with Crippen LogP contribution in [0.1, 0.15) is 45.0 Å². The molecule has 0 radical (unpaired) electrons. The molecule has 8 heteroatoms. The Morgan fingerprint density at radius 1 is 1.07 bits per heavy atom. The van der Waals surface area contributed by atoms with Gasteiger partial charge < -0.3 is 10.9 Å². The van der Waals surface area contributed by atoms with Crippen molar-refractivity contribution in [3.05, 3.63) is 65.2 Å². The second-order valence-electron chi connectivity index (χ2n) is 6.24. The van der Waals surface area contributed by atoms with Gasteiger partial charge >= 0.3 is 5.97 Å². The number of carbonyl (C=O) groups excluding carboxylic acids is 1. The van der Waals surface area contributed by atoms with Crippen LogP contribution in [-0.4, -0.2) is 27.8 Å². The number of ketones is 1. The molecule has 0 amide bonds. The topological polar surface area (TPSA) is 122 Å². The molecule has 0 saturated heterocycles. The van der Waals surface area contributed by atoms with Crippen LogP contribution in [0, 0.1) is 0 Å². The molecule has 27 heavy (non-hydrogen) atoms. The van der Waals surface area contributed by atoms with E-state index in [9.17, 15) is 9.59 Å². The van der Waals surface area contributed by atoms with Crippen molar-refractivity contribution in [2.75, 3.05) is 10.8 Å². The van der Waals surface area contributed by atoms with Crippen LogP contribution in [0.2, 0.25) is 0 Å². The second kappa shape index (κ2) is 8.24. The van der Waals surface area contributed by atoms with Gasteiger partial charge in [-0.15, -0.1) is 0 Å². The number of carboxylic acids is 1. The molecule has 7 nitrogen and oxygen atoms in total. The lowest BCUT2D eigenvalue weighted by atomic mass is 10.1. The van der Waals surface area contributed by atoms with Crippen molar-refractivity contribution in [3.63, 3.8) is 0 Å². The van der Waals surface area contributed by atoms with E-state index < -0.39 is 5.97 Å². The summed E-state index contributed by atoms with van der Waals surface area (Å²) in [6, 6.07) is 13.7. The number of hydrazine groups is 1. The average Bonchev–Trinajstić information content (AvgIpc) is 3.53. The van der Waals surface area contributed by atoms with Crippen LogP contribution in [0.3, 0.4) is 0 Å². The van der Waals surface area contributed by atoms with Crippen LogP contribution in [0.25, 0.3) is 0 Å². The fraction of sp³-hybridized carbons (Fsp3) is 0.211. The Kier molecular flexibility index (Phi) is 5.78. The normalized spacial score (nSPS) is 14.0. The zero-order chi connectivity index (χ0) is 19.4. The van der Waals surface area contributed by atoms with Gasteiger partial charge in [0.2, 0.25) is 5.17 Å². The van der Waals surface area contributed by atoms with Crippen LogP contribution in [0.5, 0.6) is 0 Å². The molecule has 0 unspecified atom stereocenters. The maximum atomic E-state index is 12.4. The van der Waals surface area contributed by atoms with Crippen LogP contribution < -0.4 is 16.7 Å². The van der Waals surface area contributed by atoms with E-state index in [4.69, 9.17) is 16.8 Å². The Bertz CT molecular complexity index is 862. The summed E-state index contributed by atoms with van der Waals surface area (Å²) in [5.74, 6) is 11.1. The third-order valence-electron chi connectivity index (χ3n) is 4.32. The molecule has 2 aromatic carbocycles. The van der Waals surface area contributed by atoms with E-state index in [1.54, 1.807) is 12.1 Å². The van der Waals surface area contributed by atoms with Gasteiger partial charge in [0.1, 0.15) is 0 Å². The first-order valence-corrected chi connectivity index (χ1v) is 9.40. The number of carboxylic acid groups (broad SMARTS) is 1. The first kappa shape index (κ1) is 18.9. The minimum absolute atomic E-state index is 0.0434. The number of nitrogens with zero attached hydrogens (tertiary/aromatic N) is 2. The summed E-state index contributed by atoms with van der Waals surface area (Å²) >= 11 is 1.12. The number of anilines is 1. The number of hydrazone groups is 1. The molecule has 140 valence electrons. The molecule has 1 aliphatic rings. The predicted octanol–water partition coefficient (Wildman–Crippen LogP) is 2.79. The minimum Gasteiger partial charge on any atom is -0.478 e. The molecule has 2 aromatic rings. The number of nitrogens with two attached hydrogens (primary N) is 2. The summed E-state index contributed by atoms with van der Waals surface area (Å²) in [6.45, 7) is 0. The second-order valence-corrected chi connectivity index (χ2v) is 7.18. The Morgan fingerprint density at radius 2 is 1.67 bits per heavy atom. The van der Waals surface area contributed by atoms with Crippen molar-refractivity contribution in [3.8, 4) is 0 Å². The highest BCUT2D eigenvalue weighted by Crippen LogP contribution is 2.39. The number of thioether (sulfide) groups is 1. The van der Waals surface area contributed by atoms with Gasteiger partial charge in [-0.2, -0.15) is 5.10 Å². The molecule has 0 heterocycles. The average molecular weight is 384 g/mol. The smallest absolute Gasteiger partial charge is 0.335 e. The van der Waals surface area contributed by atoms with Crippen LogP contribution in [0.15, 0.2) is 53.6 Å². The summed E-state index contributed by atoms with van der Waals surface area (Å²) in [7, 11) is 0. The zero-order valence-electron chi connectivity index (χ0n) is 14.5. The summed E-state index contributed by atoms with van der Waals surface area (Å²) in [6.07, 6.45) is 2.44. The van der Waals surface area contributed by atoms with Gasteiger partial charge in [-0.3, -0.25) is 9.80 Å². The van der Waals surface area contributed by atoms with Crippen molar-refractivity contribution in [1.29, 1.82) is 0 Å². The first-order chi connectivity index (χ1) is 13.0. The van der Waals surface area contributed by atoms with Crippen molar-refractivity contribution < 1.29 is 14.7 Å². The highest BCUT2D eigenvalue weighted by molar-refractivity contribution is 8.14. The van der Waals surface area contributed by atoms with E-state index >= 15 is 0 Å². The van der Waals surface area contributed by atoms with Gasteiger partial charge in [0, 0.05) is 5.56 Å². The number of carbonyl (C=O) groups is 2. The maximum absolute atomic E-state index is 12.4. The molecule has 0 aliphatic heterocycles. The highest BCUT2D eigenvalue weighted by atomic mass is 32.2. The minimum atomic E-state index is -1.02. The molecule has 3 rings (SSSR count). The van der Waals surface area contributed by atoms with E-state index in [-0.39, 0.29) is 22.3 Å². The summed E-state index contributed by atoms with van der Waals surface area (Å²) in [5.41, 5.74) is 2.58. The Morgan fingerprint density at radius 3 is 2.19 bits per heavy atom. The van der Waals surface area contributed by atoms with Crippen molar-refractivity contribution in [2.24, 2.45) is 16.8 Å². The zero-order valence-corrected chi connectivity index (χ0v) is 15.4. The number of aromatic carboxylic acids is 1. The van der Waals surface area contributed by atoms with Gasteiger partial charge in [0.15, 0.2) is 5.78 Å². The Balaban J connectivity index is 1.60. The van der Waals surface area contributed by atoms with Crippen molar-refractivity contribution in [2.45, 2.75) is 18.8 Å². The molecule has 0 atom stereocenters. The van der Waals surface area contributed by atoms with Crippen LogP contribution >= 0.6 is 11.8 Å². The monoisotopic (exact) mass is 384 g/mol. The molecular formula is C19H20N4O3S. The number of hydrogen-bond donors (Lipinski definition) is 3. The summed E-state index contributed by atoms with van der Waals surface area (Å²) in [5, 5.41) is 14.1. The van der Waals surface area contributed by atoms with E-state index in [0.29, 0.717) is 17.2 Å². The molecule has 0 aromatic heterocycles. The Hall–Kier alpha value is -2.84. The largest absolute Gasteiger partial charge is 0.478 e. The van der Waals surface area contributed by atoms with Gasteiger partial charge in [-0.05, 0) is 48.6 Å². The quantitative estimate of drug-likeness (QED) is 0.230. The number of rotatable bonds is 6. The number of hydrogen-bond acceptors (Lipinski definition) is 6. The molecule has 1 saturated carbocycles. The SMILES string of the molecule is N/N=C(/SCC(=O)c1ccc(C2CC2)cc1)N(N)c1ccc(C(=O)O)cc1. The highest BCUT2D eigenvalue weighted by Gasteiger charge is 2.23. The Labute approximate surface area is 161 Å². The number of benzene rings is 2. The van der Waals surface area contributed by atoms with E-state index in [2.05, 4.69) is 5.10 Å². The lowest BCUT2D eigenvalue weighted by Gasteiger charge is -2.19. The fourth-order valence-electron chi connectivity index (χ4n) is 2.62. The van der Waals surface area contributed by atoms with E-state index in [1.807, 2.05) is 24.3 Å². The lowest BCUT2D eigenvalue weighted by molar-refractivity contribution is 0.0696.